The summed E-state index contributed by atoms with van der Waals surface area (Å²) in [4.78, 5) is 15.9. The van der Waals surface area contributed by atoms with E-state index in [9.17, 15) is 4.79 Å². The lowest BCUT2D eigenvalue weighted by atomic mass is 9.90. The summed E-state index contributed by atoms with van der Waals surface area (Å²) >= 11 is 0. The van der Waals surface area contributed by atoms with Gasteiger partial charge < -0.3 is 15.4 Å². The Kier molecular flexibility index (Phi) is 5.06. The standard InChI is InChI=1S/C17H27N3O2/c1-11-8-14(17(2,3)4)20-16(22-5)13(11)10-18-9-12-6-7-15(21)19-12/h8,12,18H,6-7,9-10H2,1-5H3,(H,19,21)/t12-/m0/s1. The molecule has 1 aromatic rings. The summed E-state index contributed by atoms with van der Waals surface area (Å²) in [5.74, 6) is 0.838. The van der Waals surface area contributed by atoms with Gasteiger partial charge in [-0.3, -0.25) is 4.79 Å². The molecule has 2 heterocycles. The Morgan fingerprint density at radius 1 is 1.45 bits per heavy atom. The molecule has 5 heteroatoms. The lowest BCUT2D eigenvalue weighted by Gasteiger charge is -2.21. The Morgan fingerprint density at radius 2 is 2.18 bits per heavy atom. The third-order valence-corrected chi connectivity index (χ3v) is 4.05. The van der Waals surface area contributed by atoms with Crippen molar-refractivity contribution >= 4 is 5.91 Å². The van der Waals surface area contributed by atoms with Crippen molar-refractivity contribution < 1.29 is 9.53 Å². The topological polar surface area (TPSA) is 63.2 Å². The lowest BCUT2D eigenvalue weighted by Crippen LogP contribution is -2.35. The number of carbonyl (C=O) groups excluding carboxylic acids is 1. The first-order valence-electron chi connectivity index (χ1n) is 7.86. The SMILES string of the molecule is COc1nc(C(C)(C)C)cc(C)c1CNC[C@@H]1CCC(=O)N1. The van der Waals surface area contributed by atoms with Crippen molar-refractivity contribution in [2.75, 3.05) is 13.7 Å². The monoisotopic (exact) mass is 305 g/mol. The van der Waals surface area contributed by atoms with E-state index in [1.807, 2.05) is 0 Å². The molecular weight excluding hydrogens is 278 g/mol. The number of aromatic nitrogens is 1. The summed E-state index contributed by atoms with van der Waals surface area (Å²) in [6.07, 6.45) is 1.54. The molecule has 5 nitrogen and oxygen atoms in total. The molecule has 1 amide bonds. The van der Waals surface area contributed by atoms with E-state index in [1.54, 1.807) is 7.11 Å². The minimum absolute atomic E-state index is 0.00186. The van der Waals surface area contributed by atoms with Gasteiger partial charge in [-0.2, -0.15) is 0 Å². The molecule has 0 aromatic carbocycles. The van der Waals surface area contributed by atoms with Gasteiger partial charge in [0.15, 0.2) is 0 Å². The van der Waals surface area contributed by atoms with E-state index in [0.717, 1.165) is 24.2 Å². The van der Waals surface area contributed by atoms with Gasteiger partial charge in [-0.05, 0) is 25.0 Å². The molecule has 1 aromatic heterocycles. The van der Waals surface area contributed by atoms with Gasteiger partial charge in [-0.25, -0.2) is 4.98 Å². The van der Waals surface area contributed by atoms with Crippen molar-refractivity contribution in [3.8, 4) is 5.88 Å². The summed E-state index contributed by atoms with van der Waals surface area (Å²) in [6.45, 7) is 10.0. The number of hydrogen-bond acceptors (Lipinski definition) is 4. The number of rotatable bonds is 5. The predicted molar refractivity (Wildman–Crippen MR) is 87.1 cm³/mol. The minimum Gasteiger partial charge on any atom is -0.481 e. The third kappa shape index (κ3) is 3.97. The van der Waals surface area contributed by atoms with Gasteiger partial charge in [0.2, 0.25) is 11.8 Å². The van der Waals surface area contributed by atoms with Crippen LogP contribution in [0.1, 0.15) is 50.4 Å². The van der Waals surface area contributed by atoms with Gasteiger partial charge in [0, 0.05) is 36.5 Å². The molecule has 22 heavy (non-hydrogen) atoms. The van der Waals surface area contributed by atoms with E-state index in [2.05, 4.69) is 49.4 Å². The van der Waals surface area contributed by atoms with Crippen LogP contribution in [-0.4, -0.2) is 30.6 Å². The van der Waals surface area contributed by atoms with E-state index in [-0.39, 0.29) is 17.4 Å². The van der Waals surface area contributed by atoms with Crippen LogP contribution in [-0.2, 0) is 16.8 Å². The highest BCUT2D eigenvalue weighted by Crippen LogP contribution is 2.27. The highest BCUT2D eigenvalue weighted by molar-refractivity contribution is 5.78. The normalized spacial score (nSPS) is 18.4. The van der Waals surface area contributed by atoms with E-state index < -0.39 is 0 Å². The van der Waals surface area contributed by atoms with Gasteiger partial charge >= 0.3 is 0 Å². The number of aryl methyl sites for hydroxylation is 1. The summed E-state index contributed by atoms with van der Waals surface area (Å²) in [6, 6.07) is 2.37. The minimum atomic E-state index is -0.00186. The molecule has 0 spiro atoms. The molecule has 0 bridgehead atoms. The molecule has 122 valence electrons. The average molecular weight is 305 g/mol. The number of nitrogens with zero attached hydrogens (tertiary/aromatic N) is 1. The molecular formula is C17H27N3O2. The molecule has 1 saturated heterocycles. The maximum atomic E-state index is 11.2. The van der Waals surface area contributed by atoms with Crippen LogP contribution in [0, 0.1) is 6.92 Å². The van der Waals surface area contributed by atoms with Crippen molar-refractivity contribution in [1.82, 2.24) is 15.6 Å². The van der Waals surface area contributed by atoms with E-state index >= 15 is 0 Å². The van der Waals surface area contributed by atoms with Crippen molar-refractivity contribution in [2.45, 2.75) is 58.5 Å². The molecule has 0 radical (unpaired) electrons. The van der Waals surface area contributed by atoms with E-state index in [1.165, 1.54) is 5.56 Å². The van der Waals surface area contributed by atoms with Crippen molar-refractivity contribution in [2.24, 2.45) is 0 Å². The quantitative estimate of drug-likeness (QED) is 0.874. The van der Waals surface area contributed by atoms with Crippen LogP contribution >= 0.6 is 0 Å². The number of hydrogen-bond donors (Lipinski definition) is 2. The van der Waals surface area contributed by atoms with Crippen LogP contribution in [0.2, 0.25) is 0 Å². The number of methoxy groups -OCH3 is 1. The fraction of sp³-hybridized carbons (Fsp3) is 0.647. The summed E-state index contributed by atoms with van der Waals surface area (Å²) in [7, 11) is 1.66. The highest BCUT2D eigenvalue weighted by atomic mass is 16.5. The van der Waals surface area contributed by atoms with Crippen molar-refractivity contribution in [3.05, 3.63) is 22.9 Å². The van der Waals surface area contributed by atoms with Gasteiger partial charge in [0.05, 0.1) is 12.8 Å². The van der Waals surface area contributed by atoms with E-state index in [4.69, 9.17) is 4.74 Å². The highest BCUT2D eigenvalue weighted by Gasteiger charge is 2.22. The van der Waals surface area contributed by atoms with Crippen LogP contribution in [0.5, 0.6) is 5.88 Å². The molecule has 2 rings (SSSR count). The number of nitrogens with one attached hydrogen (secondary N) is 2. The number of pyridine rings is 1. The molecule has 1 aliphatic heterocycles. The van der Waals surface area contributed by atoms with Crippen LogP contribution in [0.3, 0.4) is 0 Å². The van der Waals surface area contributed by atoms with Crippen LogP contribution in [0.25, 0.3) is 0 Å². The van der Waals surface area contributed by atoms with Gasteiger partial charge in [-0.1, -0.05) is 20.8 Å². The van der Waals surface area contributed by atoms with Crippen molar-refractivity contribution in [1.29, 1.82) is 0 Å². The van der Waals surface area contributed by atoms with Crippen molar-refractivity contribution in [3.63, 3.8) is 0 Å². The number of amides is 1. The second kappa shape index (κ2) is 6.65. The molecule has 1 atom stereocenters. The van der Waals surface area contributed by atoms with Crippen LogP contribution in [0.4, 0.5) is 0 Å². The zero-order chi connectivity index (χ0) is 16.3. The van der Waals surface area contributed by atoms with Gasteiger partial charge in [0.25, 0.3) is 0 Å². The average Bonchev–Trinajstić information content (AvgIpc) is 2.84. The second-order valence-corrected chi connectivity index (χ2v) is 7.00. The van der Waals surface area contributed by atoms with Gasteiger partial charge in [0.1, 0.15) is 0 Å². The maximum Gasteiger partial charge on any atom is 0.220 e. The first-order chi connectivity index (χ1) is 10.3. The summed E-state index contributed by atoms with van der Waals surface area (Å²) in [5, 5.41) is 6.37. The first kappa shape index (κ1) is 16.7. The lowest BCUT2D eigenvalue weighted by molar-refractivity contribution is -0.119. The Bertz CT molecular complexity index is 550. The number of ether oxygens (including phenoxy) is 1. The van der Waals surface area contributed by atoms with E-state index in [0.29, 0.717) is 18.8 Å². The molecule has 2 N–H and O–H groups in total. The molecule has 1 fully saturated rings. The fourth-order valence-electron chi connectivity index (χ4n) is 2.64. The van der Waals surface area contributed by atoms with Gasteiger partial charge in [-0.15, -0.1) is 0 Å². The largest absolute Gasteiger partial charge is 0.481 e. The Balaban J connectivity index is 2.05. The fourth-order valence-corrected chi connectivity index (χ4v) is 2.64. The Morgan fingerprint density at radius 3 is 2.73 bits per heavy atom. The molecule has 1 aliphatic rings. The third-order valence-electron chi connectivity index (χ3n) is 4.05. The molecule has 0 saturated carbocycles. The zero-order valence-corrected chi connectivity index (χ0v) is 14.2. The Hall–Kier alpha value is -1.62. The predicted octanol–water partition coefficient (Wildman–Crippen LogP) is 2.06. The maximum absolute atomic E-state index is 11.2. The zero-order valence-electron chi connectivity index (χ0n) is 14.2. The van der Waals surface area contributed by atoms with Crippen LogP contribution in [0.15, 0.2) is 6.07 Å². The molecule has 0 aliphatic carbocycles. The first-order valence-corrected chi connectivity index (χ1v) is 7.86. The smallest absolute Gasteiger partial charge is 0.220 e. The molecule has 0 unspecified atom stereocenters. The van der Waals surface area contributed by atoms with Crippen LogP contribution < -0.4 is 15.4 Å². The summed E-state index contributed by atoms with van der Waals surface area (Å²) in [5.41, 5.74) is 3.30. The Labute approximate surface area is 132 Å². The second-order valence-electron chi connectivity index (χ2n) is 7.00. The summed E-state index contributed by atoms with van der Waals surface area (Å²) < 4.78 is 5.48. The number of carbonyl (C=O) groups is 1.